The molecule has 0 bridgehead atoms. The van der Waals surface area contributed by atoms with Crippen LogP contribution in [0.25, 0.3) is 0 Å². The molecule has 0 aliphatic carbocycles. The quantitative estimate of drug-likeness (QED) is 0.631. The first-order valence-corrected chi connectivity index (χ1v) is 9.02. The zero-order valence-electron chi connectivity index (χ0n) is 15.6. The number of hydrogen-bond donors (Lipinski definition) is 2. The number of ether oxygens (including phenoxy) is 1. The summed E-state index contributed by atoms with van der Waals surface area (Å²) < 4.78 is 5.45. The summed E-state index contributed by atoms with van der Waals surface area (Å²) in [5.74, 6) is 0. The first kappa shape index (κ1) is 19.4. The summed E-state index contributed by atoms with van der Waals surface area (Å²) in [5, 5.41) is 8.99. The van der Waals surface area contributed by atoms with Crippen molar-refractivity contribution >= 4 is 17.5 Å². The number of anilines is 2. The fourth-order valence-electron chi connectivity index (χ4n) is 3.00. The van der Waals surface area contributed by atoms with Crippen molar-refractivity contribution in [3.05, 3.63) is 23.8 Å². The van der Waals surface area contributed by atoms with Gasteiger partial charge in [0, 0.05) is 44.2 Å². The molecule has 0 saturated carbocycles. The molecule has 1 saturated heterocycles. The van der Waals surface area contributed by atoms with E-state index in [4.69, 9.17) is 15.6 Å². The second-order valence-corrected chi connectivity index (χ2v) is 7.52. The molecular weight excluding hydrogens is 318 g/mol. The van der Waals surface area contributed by atoms with E-state index in [1.165, 1.54) is 11.3 Å². The lowest BCUT2D eigenvalue weighted by Crippen LogP contribution is -2.50. The minimum atomic E-state index is -0.467. The van der Waals surface area contributed by atoms with Gasteiger partial charge in [-0.3, -0.25) is 0 Å². The van der Waals surface area contributed by atoms with Gasteiger partial charge in [-0.05, 0) is 63.8 Å². The van der Waals surface area contributed by atoms with E-state index in [0.717, 1.165) is 38.0 Å². The number of amides is 1. The van der Waals surface area contributed by atoms with Crippen LogP contribution in [0.15, 0.2) is 18.2 Å². The van der Waals surface area contributed by atoms with E-state index in [0.29, 0.717) is 13.1 Å². The SMILES string of the molecule is CC(C)(C)OC(=O)N1CCN(c2ccc(N)cc2CCCCO)CC1. The van der Waals surface area contributed by atoms with E-state index in [-0.39, 0.29) is 12.7 Å². The van der Waals surface area contributed by atoms with E-state index in [1.54, 1.807) is 4.90 Å². The molecular formula is C19H31N3O3. The number of nitrogens with zero attached hydrogens (tertiary/aromatic N) is 2. The van der Waals surface area contributed by atoms with Crippen molar-refractivity contribution in [2.75, 3.05) is 43.4 Å². The van der Waals surface area contributed by atoms with Gasteiger partial charge in [0.1, 0.15) is 5.60 Å². The Labute approximate surface area is 150 Å². The molecule has 1 fully saturated rings. The molecule has 140 valence electrons. The highest BCUT2D eigenvalue weighted by atomic mass is 16.6. The van der Waals surface area contributed by atoms with Crippen LogP contribution in [0, 0.1) is 0 Å². The van der Waals surface area contributed by atoms with Crippen LogP contribution in [0.3, 0.4) is 0 Å². The number of benzene rings is 1. The summed E-state index contributed by atoms with van der Waals surface area (Å²) in [6.45, 7) is 8.71. The topological polar surface area (TPSA) is 79.0 Å². The molecule has 1 amide bonds. The largest absolute Gasteiger partial charge is 0.444 e. The number of hydrogen-bond acceptors (Lipinski definition) is 5. The Balaban J connectivity index is 1.99. The predicted molar refractivity (Wildman–Crippen MR) is 101 cm³/mol. The minimum Gasteiger partial charge on any atom is -0.444 e. The molecule has 6 nitrogen and oxygen atoms in total. The molecule has 2 rings (SSSR count). The molecule has 1 heterocycles. The van der Waals surface area contributed by atoms with Crippen molar-refractivity contribution < 1.29 is 14.6 Å². The lowest BCUT2D eigenvalue weighted by atomic mass is 10.0. The minimum absolute atomic E-state index is 0.214. The Hall–Kier alpha value is -1.95. The average Bonchev–Trinajstić information content (AvgIpc) is 2.54. The summed E-state index contributed by atoms with van der Waals surface area (Å²) in [7, 11) is 0. The zero-order chi connectivity index (χ0) is 18.4. The number of carbonyl (C=O) groups excluding carboxylic acids is 1. The van der Waals surface area contributed by atoms with Crippen LogP contribution >= 0.6 is 0 Å². The van der Waals surface area contributed by atoms with Gasteiger partial charge in [-0.15, -0.1) is 0 Å². The van der Waals surface area contributed by atoms with Crippen molar-refractivity contribution in [1.82, 2.24) is 4.90 Å². The summed E-state index contributed by atoms with van der Waals surface area (Å²) in [6.07, 6.45) is 2.38. The van der Waals surface area contributed by atoms with Crippen LogP contribution < -0.4 is 10.6 Å². The van der Waals surface area contributed by atoms with E-state index in [2.05, 4.69) is 11.0 Å². The molecule has 1 aromatic rings. The molecule has 0 unspecified atom stereocenters. The first-order valence-electron chi connectivity index (χ1n) is 9.02. The third kappa shape index (κ3) is 5.81. The molecule has 1 aliphatic rings. The van der Waals surface area contributed by atoms with Crippen molar-refractivity contribution in [2.24, 2.45) is 0 Å². The second-order valence-electron chi connectivity index (χ2n) is 7.52. The molecule has 3 N–H and O–H groups in total. The second kappa shape index (κ2) is 8.43. The number of aliphatic hydroxyl groups is 1. The smallest absolute Gasteiger partial charge is 0.410 e. The number of rotatable bonds is 5. The van der Waals surface area contributed by atoms with Crippen molar-refractivity contribution in [3.63, 3.8) is 0 Å². The molecule has 25 heavy (non-hydrogen) atoms. The van der Waals surface area contributed by atoms with Crippen LogP contribution in [-0.2, 0) is 11.2 Å². The monoisotopic (exact) mass is 349 g/mol. The standard InChI is InChI=1S/C19H31N3O3/c1-19(2,3)25-18(24)22-11-9-21(10-12-22)17-8-7-16(20)14-15(17)6-4-5-13-23/h7-8,14,23H,4-6,9-13,20H2,1-3H3. The number of aliphatic hydroxyl groups excluding tert-OH is 1. The van der Waals surface area contributed by atoms with E-state index in [1.807, 2.05) is 32.9 Å². The fourth-order valence-corrected chi connectivity index (χ4v) is 3.00. The van der Waals surface area contributed by atoms with Crippen LogP contribution in [0.1, 0.15) is 39.2 Å². The number of piperazine rings is 1. The Bertz CT molecular complexity index is 576. The van der Waals surface area contributed by atoms with Gasteiger partial charge in [0.25, 0.3) is 0 Å². The van der Waals surface area contributed by atoms with Crippen LogP contribution in [-0.4, -0.2) is 54.5 Å². The highest BCUT2D eigenvalue weighted by Gasteiger charge is 2.26. The van der Waals surface area contributed by atoms with Crippen LogP contribution in [0.5, 0.6) is 0 Å². The van der Waals surface area contributed by atoms with E-state index < -0.39 is 5.60 Å². The van der Waals surface area contributed by atoms with Gasteiger partial charge in [0.2, 0.25) is 0 Å². The van der Waals surface area contributed by atoms with Crippen LogP contribution in [0.2, 0.25) is 0 Å². The molecule has 0 radical (unpaired) electrons. The highest BCUT2D eigenvalue weighted by Crippen LogP contribution is 2.26. The maximum absolute atomic E-state index is 12.2. The number of nitrogens with two attached hydrogens (primary N) is 1. The maximum Gasteiger partial charge on any atom is 0.410 e. The number of aryl methyl sites for hydroxylation is 1. The number of nitrogen functional groups attached to an aromatic ring is 1. The third-order valence-corrected chi connectivity index (χ3v) is 4.23. The van der Waals surface area contributed by atoms with Gasteiger partial charge < -0.3 is 25.4 Å². The zero-order valence-corrected chi connectivity index (χ0v) is 15.6. The lowest BCUT2D eigenvalue weighted by molar-refractivity contribution is 0.0240. The normalized spacial score (nSPS) is 15.4. The van der Waals surface area contributed by atoms with Crippen molar-refractivity contribution in [3.8, 4) is 0 Å². The number of carbonyl (C=O) groups is 1. The molecule has 0 atom stereocenters. The van der Waals surface area contributed by atoms with Gasteiger partial charge in [0.05, 0.1) is 0 Å². The molecule has 6 heteroatoms. The molecule has 1 aliphatic heterocycles. The lowest BCUT2D eigenvalue weighted by Gasteiger charge is -2.37. The third-order valence-electron chi connectivity index (χ3n) is 4.23. The summed E-state index contributed by atoms with van der Waals surface area (Å²) >= 11 is 0. The Morgan fingerprint density at radius 3 is 2.48 bits per heavy atom. The Morgan fingerprint density at radius 1 is 1.20 bits per heavy atom. The highest BCUT2D eigenvalue weighted by molar-refractivity contribution is 5.69. The Morgan fingerprint density at radius 2 is 1.88 bits per heavy atom. The van der Waals surface area contributed by atoms with Crippen molar-refractivity contribution in [2.45, 2.75) is 45.6 Å². The van der Waals surface area contributed by atoms with E-state index in [9.17, 15) is 4.79 Å². The maximum atomic E-state index is 12.2. The van der Waals surface area contributed by atoms with Gasteiger partial charge in [0.15, 0.2) is 0 Å². The predicted octanol–water partition coefficient (Wildman–Crippen LogP) is 2.64. The summed E-state index contributed by atoms with van der Waals surface area (Å²) in [4.78, 5) is 16.3. The van der Waals surface area contributed by atoms with Crippen LogP contribution in [0.4, 0.5) is 16.2 Å². The number of unbranched alkanes of at least 4 members (excludes halogenated alkanes) is 1. The van der Waals surface area contributed by atoms with Gasteiger partial charge in [-0.25, -0.2) is 4.79 Å². The average molecular weight is 349 g/mol. The van der Waals surface area contributed by atoms with Gasteiger partial charge in [-0.1, -0.05) is 0 Å². The van der Waals surface area contributed by atoms with E-state index >= 15 is 0 Å². The molecule has 0 spiro atoms. The summed E-state index contributed by atoms with van der Waals surface area (Å²) in [6, 6.07) is 6.00. The molecule has 0 aromatic heterocycles. The Kier molecular flexibility index (Phi) is 6.53. The fraction of sp³-hybridized carbons (Fsp3) is 0.632. The van der Waals surface area contributed by atoms with Gasteiger partial charge in [-0.2, -0.15) is 0 Å². The first-order chi connectivity index (χ1) is 11.8. The molecule has 1 aromatic carbocycles. The van der Waals surface area contributed by atoms with Gasteiger partial charge >= 0.3 is 6.09 Å². The van der Waals surface area contributed by atoms with Crippen molar-refractivity contribution in [1.29, 1.82) is 0 Å². The summed E-state index contributed by atoms with van der Waals surface area (Å²) in [5.41, 5.74) is 8.62.